The van der Waals surface area contributed by atoms with Crippen LogP contribution in [-0.2, 0) is 4.79 Å². The van der Waals surface area contributed by atoms with Crippen LogP contribution in [-0.4, -0.2) is 11.6 Å². The molecule has 0 radical (unpaired) electrons. The van der Waals surface area contributed by atoms with E-state index in [1.54, 1.807) is 5.01 Å². The van der Waals surface area contributed by atoms with Crippen molar-refractivity contribution in [3.05, 3.63) is 30.3 Å². The minimum atomic E-state index is 0.0488. The lowest BCUT2D eigenvalue weighted by Gasteiger charge is -2.30. The zero-order valence-corrected chi connectivity index (χ0v) is 10.6. The molecule has 0 aliphatic carbocycles. The van der Waals surface area contributed by atoms with Gasteiger partial charge < -0.3 is 0 Å². The first-order valence-corrected chi connectivity index (χ1v) is 6.02. The summed E-state index contributed by atoms with van der Waals surface area (Å²) in [5, 5.41) is 5.91. The number of anilines is 1. The number of benzene rings is 1. The third-order valence-corrected chi connectivity index (χ3v) is 3.12. The lowest BCUT2D eigenvalue weighted by molar-refractivity contribution is -0.123. The van der Waals surface area contributed by atoms with Gasteiger partial charge in [0.2, 0.25) is 0 Å². The van der Waals surface area contributed by atoms with Crippen molar-refractivity contribution in [2.24, 2.45) is 16.9 Å². The fraction of sp³-hybridized carbons (Fsp3) is 0.429. The van der Waals surface area contributed by atoms with E-state index in [-0.39, 0.29) is 11.8 Å². The van der Waals surface area contributed by atoms with E-state index in [1.165, 1.54) is 0 Å². The molecule has 0 N–H and O–H groups in total. The predicted octanol–water partition coefficient (Wildman–Crippen LogP) is 3.07. The minimum Gasteiger partial charge on any atom is -0.272 e. The maximum absolute atomic E-state index is 12.3. The van der Waals surface area contributed by atoms with Crippen LogP contribution in [0.15, 0.2) is 35.4 Å². The SMILES string of the molecule is CC1=NN(c2ccccc2)C(=O)C(C(C)C)C1. The van der Waals surface area contributed by atoms with E-state index in [0.29, 0.717) is 5.92 Å². The van der Waals surface area contributed by atoms with Crippen molar-refractivity contribution in [1.82, 2.24) is 0 Å². The Balaban J connectivity index is 2.34. The second-order valence-electron chi connectivity index (χ2n) is 4.88. The summed E-state index contributed by atoms with van der Waals surface area (Å²) in [6.45, 7) is 6.16. The number of carbonyl (C=O) groups is 1. The first-order valence-electron chi connectivity index (χ1n) is 6.02. The summed E-state index contributed by atoms with van der Waals surface area (Å²) in [6.07, 6.45) is 0.778. The van der Waals surface area contributed by atoms with Crippen LogP contribution in [0.5, 0.6) is 0 Å². The second kappa shape index (κ2) is 4.70. The molecule has 0 saturated heterocycles. The number of hydrogen-bond acceptors (Lipinski definition) is 2. The molecular formula is C14H18N2O. The van der Waals surface area contributed by atoms with Crippen molar-refractivity contribution >= 4 is 17.3 Å². The van der Waals surface area contributed by atoms with Crippen LogP contribution < -0.4 is 5.01 Å². The molecule has 2 rings (SSSR count). The Kier molecular flexibility index (Phi) is 3.27. The van der Waals surface area contributed by atoms with Gasteiger partial charge in [-0.3, -0.25) is 4.79 Å². The smallest absolute Gasteiger partial charge is 0.251 e. The number of rotatable bonds is 2. The Morgan fingerprint density at radius 1 is 1.29 bits per heavy atom. The van der Waals surface area contributed by atoms with Gasteiger partial charge >= 0.3 is 0 Å². The van der Waals surface area contributed by atoms with E-state index in [0.717, 1.165) is 17.8 Å². The molecule has 0 bridgehead atoms. The molecule has 0 fully saturated rings. The Bertz CT molecular complexity index is 437. The van der Waals surface area contributed by atoms with E-state index >= 15 is 0 Å². The van der Waals surface area contributed by atoms with E-state index in [2.05, 4.69) is 18.9 Å². The van der Waals surface area contributed by atoms with Crippen LogP contribution in [0, 0.1) is 11.8 Å². The number of carbonyl (C=O) groups excluding carboxylic acids is 1. The third-order valence-electron chi connectivity index (χ3n) is 3.12. The molecule has 1 unspecified atom stereocenters. The van der Waals surface area contributed by atoms with Crippen molar-refractivity contribution in [2.45, 2.75) is 27.2 Å². The standard InChI is InChI=1S/C14H18N2O/c1-10(2)13-9-11(3)15-16(14(13)17)12-7-5-4-6-8-12/h4-8,10,13H,9H2,1-3H3. The highest BCUT2D eigenvalue weighted by molar-refractivity contribution is 6.02. The molecule has 1 atom stereocenters. The average molecular weight is 230 g/mol. The Morgan fingerprint density at radius 2 is 1.94 bits per heavy atom. The summed E-state index contributed by atoms with van der Waals surface area (Å²) in [7, 11) is 0. The third kappa shape index (κ3) is 2.38. The summed E-state index contributed by atoms with van der Waals surface area (Å²) >= 11 is 0. The van der Waals surface area contributed by atoms with Gasteiger partial charge in [-0.15, -0.1) is 0 Å². The molecule has 3 heteroatoms. The summed E-state index contributed by atoms with van der Waals surface area (Å²) in [5.74, 6) is 0.503. The topological polar surface area (TPSA) is 32.7 Å². The van der Waals surface area contributed by atoms with Crippen LogP contribution >= 0.6 is 0 Å². The van der Waals surface area contributed by atoms with E-state index < -0.39 is 0 Å². The fourth-order valence-electron chi connectivity index (χ4n) is 2.10. The van der Waals surface area contributed by atoms with Crippen molar-refractivity contribution < 1.29 is 4.79 Å². The van der Waals surface area contributed by atoms with Crippen molar-refractivity contribution in [3.63, 3.8) is 0 Å². The van der Waals surface area contributed by atoms with Crippen LogP contribution in [0.3, 0.4) is 0 Å². The second-order valence-corrected chi connectivity index (χ2v) is 4.88. The van der Waals surface area contributed by atoms with Crippen LogP contribution in [0.4, 0.5) is 5.69 Å². The first-order chi connectivity index (χ1) is 8.09. The van der Waals surface area contributed by atoms with Crippen LogP contribution in [0.1, 0.15) is 27.2 Å². The molecule has 0 spiro atoms. The number of para-hydroxylation sites is 1. The van der Waals surface area contributed by atoms with Gasteiger partial charge in [0.1, 0.15) is 0 Å². The molecule has 17 heavy (non-hydrogen) atoms. The summed E-state index contributed by atoms with van der Waals surface area (Å²) in [4.78, 5) is 12.3. The fourth-order valence-corrected chi connectivity index (χ4v) is 2.10. The number of amides is 1. The van der Waals surface area contributed by atoms with E-state index in [1.807, 2.05) is 37.3 Å². The molecule has 1 aliphatic rings. The van der Waals surface area contributed by atoms with Gasteiger partial charge in [0.05, 0.1) is 5.69 Å². The summed E-state index contributed by atoms with van der Waals surface area (Å²) < 4.78 is 0. The monoisotopic (exact) mass is 230 g/mol. The molecule has 0 aromatic heterocycles. The number of nitrogens with zero attached hydrogens (tertiary/aromatic N) is 2. The average Bonchev–Trinajstić information content (AvgIpc) is 2.32. The van der Waals surface area contributed by atoms with Gasteiger partial charge in [-0.05, 0) is 31.4 Å². The zero-order chi connectivity index (χ0) is 12.4. The lowest BCUT2D eigenvalue weighted by atomic mass is 9.88. The summed E-state index contributed by atoms with van der Waals surface area (Å²) in [5.41, 5.74) is 1.87. The number of hydrazone groups is 1. The number of hydrogen-bond donors (Lipinski definition) is 0. The van der Waals surface area contributed by atoms with Gasteiger partial charge in [-0.2, -0.15) is 5.10 Å². The van der Waals surface area contributed by atoms with Gasteiger partial charge in [-0.1, -0.05) is 32.0 Å². The molecule has 1 amide bonds. The molecule has 0 saturated carbocycles. The quantitative estimate of drug-likeness (QED) is 0.768. The Morgan fingerprint density at radius 3 is 2.53 bits per heavy atom. The Hall–Kier alpha value is -1.64. The minimum absolute atomic E-state index is 0.0488. The molecule has 3 nitrogen and oxygen atoms in total. The van der Waals surface area contributed by atoms with Crippen LogP contribution in [0.2, 0.25) is 0 Å². The van der Waals surface area contributed by atoms with Crippen LogP contribution in [0.25, 0.3) is 0 Å². The molecular weight excluding hydrogens is 212 g/mol. The first kappa shape index (κ1) is 11.8. The maximum Gasteiger partial charge on any atom is 0.251 e. The highest BCUT2D eigenvalue weighted by Gasteiger charge is 2.32. The van der Waals surface area contributed by atoms with Crippen molar-refractivity contribution in [2.75, 3.05) is 5.01 Å². The van der Waals surface area contributed by atoms with Crippen molar-refractivity contribution in [1.29, 1.82) is 0 Å². The largest absolute Gasteiger partial charge is 0.272 e. The van der Waals surface area contributed by atoms with Crippen molar-refractivity contribution in [3.8, 4) is 0 Å². The van der Waals surface area contributed by atoms with E-state index in [4.69, 9.17) is 0 Å². The summed E-state index contributed by atoms with van der Waals surface area (Å²) in [6, 6.07) is 9.61. The normalized spacial score (nSPS) is 20.7. The zero-order valence-electron chi connectivity index (χ0n) is 10.6. The van der Waals surface area contributed by atoms with Gasteiger partial charge in [0.15, 0.2) is 0 Å². The lowest BCUT2D eigenvalue weighted by Crippen LogP contribution is -2.40. The molecule has 1 aromatic rings. The predicted molar refractivity (Wildman–Crippen MR) is 70.0 cm³/mol. The van der Waals surface area contributed by atoms with Gasteiger partial charge in [0.25, 0.3) is 5.91 Å². The maximum atomic E-state index is 12.3. The highest BCUT2D eigenvalue weighted by atomic mass is 16.2. The highest BCUT2D eigenvalue weighted by Crippen LogP contribution is 2.27. The molecule has 90 valence electrons. The molecule has 1 aromatic carbocycles. The molecule has 1 aliphatic heterocycles. The van der Waals surface area contributed by atoms with Gasteiger partial charge in [-0.25, -0.2) is 5.01 Å². The van der Waals surface area contributed by atoms with E-state index in [9.17, 15) is 4.79 Å². The van der Waals surface area contributed by atoms with Gasteiger partial charge in [0, 0.05) is 11.6 Å². The Labute approximate surface area is 102 Å². The molecule has 1 heterocycles.